The van der Waals surface area contributed by atoms with E-state index in [0.29, 0.717) is 6.54 Å². The fourth-order valence-electron chi connectivity index (χ4n) is 5.43. The standard InChI is InChI=1S/C15H21N3O2/c19-13(20)1-2-18-9-16-17-14(18)15-6-10-3-11(7-15)5-12(4-10)8-15/h9-12H,1-8H2,(H,19,20). The summed E-state index contributed by atoms with van der Waals surface area (Å²) in [7, 11) is 0. The Morgan fingerprint density at radius 1 is 1.25 bits per heavy atom. The number of aromatic nitrogens is 3. The normalized spacial score (nSPS) is 38.3. The van der Waals surface area contributed by atoms with Crippen LogP contribution >= 0.6 is 0 Å². The molecule has 5 heteroatoms. The Hall–Kier alpha value is -1.39. The third-order valence-corrected chi connectivity index (χ3v) is 5.69. The Morgan fingerprint density at radius 2 is 1.85 bits per heavy atom. The molecule has 0 amide bonds. The molecule has 4 aliphatic rings. The molecule has 4 aliphatic carbocycles. The Kier molecular flexibility index (Phi) is 2.66. The summed E-state index contributed by atoms with van der Waals surface area (Å²) in [6, 6.07) is 0. The van der Waals surface area contributed by atoms with Gasteiger partial charge in [-0.15, -0.1) is 10.2 Å². The third kappa shape index (κ3) is 1.86. The zero-order chi connectivity index (χ0) is 13.7. The maximum absolute atomic E-state index is 10.8. The van der Waals surface area contributed by atoms with E-state index in [9.17, 15) is 4.79 Å². The molecule has 0 aliphatic heterocycles. The molecule has 0 saturated heterocycles. The van der Waals surface area contributed by atoms with E-state index < -0.39 is 5.97 Å². The smallest absolute Gasteiger partial charge is 0.305 e. The summed E-state index contributed by atoms with van der Waals surface area (Å²) in [5.41, 5.74) is 0.198. The summed E-state index contributed by atoms with van der Waals surface area (Å²) in [4.78, 5) is 10.8. The van der Waals surface area contributed by atoms with Crippen molar-refractivity contribution in [3.63, 3.8) is 0 Å². The van der Waals surface area contributed by atoms with Gasteiger partial charge in [-0.05, 0) is 56.3 Å². The highest BCUT2D eigenvalue weighted by Crippen LogP contribution is 2.60. The van der Waals surface area contributed by atoms with Gasteiger partial charge in [-0.2, -0.15) is 0 Å². The van der Waals surface area contributed by atoms with Crippen LogP contribution in [0.5, 0.6) is 0 Å². The molecule has 20 heavy (non-hydrogen) atoms. The first-order valence-corrected chi connectivity index (χ1v) is 7.75. The van der Waals surface area contributed by atoms with Gasteiger partial charge in [0.15, 0.2) is 0 Å². The van der Waals surface area contributed by atoms with Crippen LogP contribution in [0.15, 0.2) is 6.33 Å². The van der Waals surface area contributed by atoms with Gasteiger partial charge in [-0.3, -0.25) is 4.79 Å². The SMILES string of the molecule is O=C(O)CCn1cnnc1C12CC3CC(CC(C3)C1)C2. The van der Waals surface area contributed by atoms with Crippen molar-refractivity contribution >= 4 is 5.97 Å². The summed E-state index contributed by atoms with van der Waals surface area (Å²) in [5, 5.41) is 17.4. The fraction of sp³-hybridized carbons (Fsp3) is 0.800. The minimum absolute atomic E-state index is 0.150. The van der Waals surface area contributed by atoms with Gasteiger partial charge in [-0.1, -0.05) is 0 Å². The van der Waals surface area contributed by atoms with Crippen molar-refractivity contribution in [3.8, 4) is 0 Å². The van der Waals surface area contributed by atoms with Gasteiger partial charge < -0.3 is 9.67 Å². The Morgan fingerprint density at radius 3 is 2.40 bits per heavy atom. The Labute approximate surface area is 118 Å². The van der Waals surface area contributed by atoms with Gasteiger partial charge in [0, 0.05) is 12.0 Å². The van der Waals surface area contributed by atoms with Crippen LogP contribution in [-0.2, 0) is 16.8 Å². The van der Waals surface area contributed by atoms with E-state index in [-0.39, 0.29) is 11.8 Å². The van der Waals surface area contributed by atoms with Gasteiger partial charge in [0.2, 0.25) is 0 Å². The molecule has 0 radical (unpaired) electrons. The highest BCUT2D eigenvalue weighted by atomic mass is 16.4. The van der Waals surface area contributed by atoms with E-state index in [2.05, 4.69) is 10.2 Å². The van der Waals surface area contributed by atoms with Gasteiger partial charge in [0.05, 0.1) is 6.42 Å². The first-order chi connectivity index (χ1) is 9.64. The van der Waals surface area contributed by atoms with Crippen molar-refractivity contribution in [1.82, 2.24) is 14.8 Å². The van der Waals surface area contributed by atoms with Crippen molar-refractivity contribution in [1.29, 1.82) is 0 Å². The van der Waals surface area contributed by atoms with Crippen molar-refractivity contribution in [2.24, 2.45) is 17.8 Å². The number of nitrogens with zero attached hydrogens (tertiary/aromatic N) is 3. The van der Waals surface area contributed by atoms with Gasteiger partial charge >= 0.3 is 5.97 Å². The number of aryl methyl sites for hydroxylation is 1. The molecule has 0 spiro atoms. The van der Waals surface area contributed by atoms with E-state index >= 15 is 0 Å². The molecule has 1 aromatic heterocycles. The van der Waals surface area contributed by atoms with Crippen molar-refractivity contribution in [3.05, 3.63) is 12.2 Å². The molecule has 4 saturated carbocycles. The number of hydrogen-bond acceptors (Lipinski definition) is 3. The van der Waals surface area contributed by atoms with E-state index in [0.717, 1.165) is 23.6 Å². The lowest BCUT2D eigenvalue weighted by Gasteiger charge is -2.56. The molecule has 5 rings (SSSR count). The Bertz CT molecular complexity index is 502. The minimum atomic E-state index is -0.754. The number of rotatable bonds is 4. The van der Waals surface area contributed by atoms with Crippen molar-refractivity contribution < 1.29 is 9.90 Å². The van der Waals surface area contributed by atoms with Crippen molar-refractivity contribution in [2.75, 3.05) is 0 Å². The lowest BCUT2D eigenvalue weighted by Crippen LogP contribution is -2.49. The highest BCUT2D eigenvalue weighted by Gasteiger charge is 2.53. The molecule has 0 aromatic carbocycles. The molecular formula is C15H21N3O2. The maximum atomic E-state index is 10.8. The van der Waals surface area contributed by atoms with Crippen LogP contribution in [0.1, 0.15) is 50.8 Å². The molecule has 108 valence electrons. The average molecular weight is 275 g/mol. The summed E-state index contributed by atoms with van der Waals surface area (Å²) in [6.07, 6.45) is 9.81. The van der Waals surface area contributed by atoms with Crippen LogP contribution in [0.4, 0.5) is 0 Å². The average Bonchev–Trinajstić information content (AvgIpc) is 2.83. The number of carboxylic acids is 1. The summed E-state index contributed by atoms with van der Waals surface area (Å²) < 4.78 is 2.00. The zero-order valence-electron chi connectivity index (χ0n) is 11.7. The molecule has 1 N–H and O–H groups in total. The van der Waals surface area contributed by atoms with E-state index in [1.165, 1.54) is 38.5 Å². The van der Waals surface area contributed by atoms with Crippen LogP contribution < -0.4 is 0 Å². The number of aliphatic carboxylic acids is 1. The second-order valence-corrected chi connectivity index (χ2v) is 7.19. The molecule has 1 aromatic rings. The lowest BCUT2D eigenvalue weighted by molar-refractivity contribution is -0.137. The first-order valence-electron chi connectivity index (χ1n) is 7.75. The predicted molar refractivity (Wildman–Crippen MR) is 72.1 cm³/mol. The zero-order valence-corrected chi connectivity index (χ0v) is 11.7. The van der Waals surface area contributed by atoms with Gasteiger partial charge in [0.25, 0.3) is 0 Å². The molecule has 0 unspecified atom stereocenters. The Balaban J connectivity index is 1.64. The second-order valence-electron chi connectivity index (χ2n) is 7.19. The maximum Gasteiger partial charge on any atom is 0.305 e. The highest BCUT2D eigenvalue weighted by molar-refractivity contribution is 5.66. The summed E-state index contributed by atoms with van der Waals surface area (Å²) in [6.45, 7) is 0.499. The molecule has 5 nitrogen and oxygen atoms in total. The predicted octanol–water partition coefficient (Wildman–Crippen LogP) is 2.22. The lowest BCUT2D eigenvalue weighted by atomic mass is 9.49. The second kappa shape index (κ2) is 4.30. The molecule has 4 bridgehead atoms. The monoisotopic (exact) mass is 275 g/mol. The molecule has 0 atom stereocenters. The van der Waals surface area contributed by atoms with Gasteiger partial charge in [0.1, 0.15) is 12.2 Å². The quantitative estimate of drug-likeness (QED) is 0.915. The fourth-order valence-corrected chi connectivity index (χ4v) is 5.43. The minimum Gasteiger partial charge on any atom is -0.481 e. The summed E-state index contributed by atoms with van der Waals surface area (Å²) in [5.74, 6) is 2.91. The van der Waals surface area contributed by atoms with Gasteiger partial charge in [-0.25, -0.2) is 0 Å². The third-order valence-electron chi connectivity index (χ3n) is 5.69. The van der Waals surface area contributed by atoms with Crippen molar-refractivity contribution in [2.45, 2.75) is 56.9 Å². The first kappa shape index (κ1) is 12.4. The van der Waals surface area contributed by atoms with Crippen LogP contribution in [0.2, 0.25) is 0 Å². The molecule has 1 heterocycles. The molecule has 4 fully saturated rings. The van der Waals surface area contributed by atoms with E-state index in [1.807, 2.05) is 4.57 Å². The van der Waals surface area contributed by atoms with Crippen LogP contribution in [0, 0.1) is 17.8 Å². The van der Waals surface area contributed by atoms with Crippen LogP contribution in [-0.4, -0.2) is 25.8 Å². The number of carboxylic acid groups (broad SMARTS) is 1. The van der Waals surface area contributed by atoms with E-state index in [1.54, 1.807) is 6.33 Å². The topological polar surface area (TPSA) is 68.0 Å². The van der Waals surface area contributed by atoms with Crippen LogP contribution in [0.25, 0.3) is 0 Å². The van der Waals surface area contributed by atoms with E-state index in [4.69, 9.17) is 5.11 Å². The largest absolute Gasteiger partial charge is 0.481 e. The summed E-state index contributed by atoms with van der Waals surface area (Å²) >= 11 is 0. The van der Waals surface area contributed by atoms with Crippen LogP contribution in [0.3, 0.4) is 0 Å². The molecular weight excluding hydrogens is 254 g/mol. The number of hydrogen-bond donors (Lipinski definition) is 1. The number of carbonyl (C=O) groups is 1.